The van der Waals surface area contributed by atoms with Gasteiger partial charge in [-0.2, -0.15) is 0 Å². The normalized spacial score (nSPS) is 26.1. The molecule has 1 heterocycles. The van der Waals surface area contributed by atoms with Crippen LogP contribution in [0.2, 0.25) is 18.1 Å². The highest BCUT2D eigenvalue weighted by molar-refractivity contribution is 7.12. The van der Waals surface area contributed by atoms with Gasteiger partial charge in [0.15, 0.2) is 8.32 Å². The molecule has 168 valence electrons. The minimum absolute atomic E-state index is 0.0226. The number of thiophene rings is 1. The topological polar surface area (TPSA) is 64.6 Å². The van der Waals surface area contributed by atoms with Crippen molar-refractivity contribution >= 4 is 31.5 Å². The summed E-state index contributed by atoms with van der Waals surface area (Å²) >= 11 is 1.68. The molecule has 30 heavy (non-hydrogen) atoms. The number of ether oxygens (including phenoxy) is 1. The van der Waals surface area contributed by atoms with E-state index in [2.05, 4.69) is 46.1 Å². The summed E-state index contributed by atoms with van der Waals surface area (Å²) in [6, 6.07) is 0.199. The molecular weight excluding hydrogens is 414 g/mol. The molecule has 1 aromatic rings. The Bertz CT molecular complexity index is 825. The predicted molar refractivity (Wildman–Crippen MR) is 123 cm³/mol. The molecule has 1 N–H and O–H groups in total. The Morgan fingerprint density at radius 3 is 2.27 bits per heavy atom. The van der Waals surface area contributed by atoms with Crippen LogP contribution < -0.4 is 5.32 Å². The lowest BCUT2D eigenvalue weighted by Gasteiger charge is -2.56. The van der Waals surface area contributed by atoms with Crippen molar-refractivity contribution in [2.45, 2.75) is 91.1 Å². The van der Waals surface area contributed by atoms with Crippen molar-refractivity contribution in [3.8, 4) is 0 Å². The molecule has 3 rings (SSSR count). The highest BCUT2D eigenvalue weighted by Gasteiger charge is 2.55. The van der Waals surface area contributed by atoms with Gasteiger partial charge in [-0.25, -0.2) is 0 Å². The van der Waals surface area contributed by atoms with E-state index >= 15 is 0 Å². The Labute approximate surface area is 186 Å². The number of hydrogen-bond donors (Lipinski definition) is 1. The zero-order valence-electron chi connectivity index (χ0n) is 19.7. The third-order valence-corrected chi connectivity index (χ3v) is 13.1. The van der Waals surface area contributed by atoms with Crippen LogP contribution in [-0.2, 0) is 20.6 Å². The Hall–Kier alpha value is -1.18. The SMILES string of the molecule is COC(=O)C1CC2(CC(NC(=O)c3c(C)sc(C)c3CO[Si](C)(C)C(C)(C)C)C2)C1. The highest BCUT2D eigenvalue weighted by Crippen LogP contribution is 2.59. The molecule has 2 aliphatic carbocycles. The van der Waals surface area contributed by atoms with Crippen molar-refractivity contribution in [1.29, 1.82) is 0 Å². The molecule has 0 aliphatic heterocycles. The molecule has 1 amide bonds. The largest absolute Gasteiger partial charge is 0.469 e. The minimum atomic E-state index is -1.89. The van der Waals surface area contributed by atoms with Crippen LogP contribution in [0.25, 0.3) is 0 Å². The van der Waals surface area contributed by atoms with Crippen molar-refractivity contribution in [2.24, 2.45) is 11.3 Å². The lowest BCUT2D eigenvalue weighted by Crippen LogP contribution is -2.57. The second-order valence-corrected chi connectivity index (χ2v) is 17.1. The standard InChI is InChI=1S/C23H37NO4SSi/c1-14-18(13-28-30(7,8)22(3,4)5)19(15(2)29-14)20(25)24-17-11-23(12-17)9-16(10-23)21(26)27-6/h16-17H,9-13H2,1-8H3,(H,24,25). The lowest BCUT2D eigenvalue weighted by molar-refractivity contribution is -0.159. The van der Waals surface area contributed by atoms with Gasteiger partial charge in [-0.15, -0.1) is 11.3 Å². The summed E-state index contributed by atoms with van der Waals surface area (Å²) in [5, 5.41) is 3.38. The number of methoxy groups -OCH3 is 1. The molecule has 0 unspecified atom stereocenters. The lowest BCUT2D eigenvalue weighted by atomic mass is 9.50. The van der Waals surface area contributed by atoms with Crippen molar-refractivity contribution in [1.82, 2.24) is 5.32 Å². The van der Waals surface area contributed by atoms with Gasteiger partial charge in [0, 0.05) is 21.4 Å². The van der Waals surface area contributed by atoms with Gasteiger partial charge in [-0.05, 0) is 63.1 Å². The Morgan fingerprint density at radius 1 is 1.13 bits per heavy atom. The van der Waals surface area contributed by atoms with Crippen LogP contribution in [-0.4, -0.2) is 33.3 Å². The summed E-state index contributed by atoms with van der Waals surface area (Å²) in [5.41, 5.74) is 2.09. The molecule has 0 radical (unpaired) electrons. The van der Waals surface area contributed by atoms with E-state index in [-0.39, 0.29) is 34.3 Å². The summed E-state index contributed by atoms with van der Waals surface area (Å²) in [7, 11) is -0.434. The molecular formula is C23H37NO4SSi. The molecule has 5 nitrogen and oxygen atoms in total. The van der Waals surface area contributed by atoms with E-state index in [4.69, 9.17) is 9.16 Å². The first-order valence-corrected chi connectivity index (χ1v) is 14.6. The summed E-state index contributed by atoms with van der Waals surface area (Å²) in [4.78, 5) is 27.0. The molecule has 2 aliphatic rings. The fourth-order valence-electron chi connectivity index (χ4n) is 4.67. The van der Waals surface area contributed by atoms with Gasteiger partial charge < -0.3 is 14.5 Å². The van der Waals surface area contributed by atoms with E-state index in [1.165, 1.54) is 12.0 Å². The van der Waals surface area contributed by atoms with Gasteiger partial charge in [-0.1, -0.05) is 20.8 Å². The van der Waals surface area contributed by atoms with Crippen molar-refractivity contribution in [3.05, 3.63) is 20.9 Å². The average Bonchev–Trinajstić information content (AvgIpc) is 2.85. The highest BCUT2D eigenvalue weighted by atomic mass is 32.1. The van der Waals surface area contributed by atoms with Gasteiger partial charge in [0.1, 0.15) is 0 Å². The number of carbonyl (C=O) groups is 2. The fourth-order valence-corrected chi connectivity index (χ4v) is 6.67. The Morgan fingerprint density at radius 2 is 1.73 bits per heavy atom. The smallest absolute Gasteiger partial charge is 0.308 e. The first kappa shape index (κ1) is 23.5. The minimum Gasteiger partial charge on any atom is -0.469 e. The van der Waals surface area contributed by atoms with E-state index < -0.39 is 8.32 Å². The van der Waals surface area contributed by atoms with Crippen molar-refractivity contribution < 1.29 is 18.8 Å². The molecule has 1 aromatic heterocycles. The van der Waals surface area contributed by atoms with E-state index in [0.29, 0.717) is 6.61 Å². The fraction of sp³-hybridized carbons (Fsp3) is 0.739. The molecule has 2 saturated carbocycles. The molecule has 0 atom stereocenters. The maximum absolute atomic E-state index is 13.1. The Kier molecular flexibility index (Phi) is 6.31. The van der Waals surface area contributed by atoms with E-state index in [1.54, 1.807) is 11.3 Å². The molecule has 0 saturated heterocycles. The van der Waals surface area contributed by atoms with Gasteiger partial charge in [0.05, 0.1) is 25.2 Å². The number of rotatable bonds is 6. The summed E-state index contributed by atoms with van der Waals surface area (Å²) < 4.78 is 11.3. The molecule has 7 heteroatoms. The number of esters is 1. The summed E-state index contributed by atoms with van der Waals surface area (Å²) in [6.45, 7) is 15.8. The van der Waals surface area contributed by atoms with Crippen molar-refractivity contribution in [2.75, 3.05) is 7.11 Å². The van der Waals surface area contributed by atoms with Gasteiger partial charge in [0.2, 0.25) is 0 Å². The summed E-state index contributed by atoms with van der Waals surface area (Å²) in [6.07, 6.45) is 3.72. The number of carbonyl (C=O) groups excluding carboxylic acids is 2. The van der Waals surface area contributed by atoms with Crippen LogP contribution in [0.5, 0.6) is 0 Å². The van der Waals surface area contributed by atoms with Crippen LogP contribution in [0.15, 0.2) is 0 Å². The van der Waals surface area contributed by atoms with Gasteiger partial charge in [0.25, 0.3) is 5.91 Å². The first-order chi connectivity index (χ1) is 13.8. The molecule has 0 bridgehead atoms. The molecule has 0 aromatic carbocycles. The summed E-state index contributed by atoms with van der Waals surface area (Å²) in [5.74, 6) is -0.0225. The maximum Gasteiger partial charge on any atom is 0.308 e. The number of amides is 1. The van der Waals surface area contributed by atoms with Crippen LogP contribution in [0.1, 0.15) is 72.1 Å². The quantitative estimate of drug-likeness (QED) is 0.468. The van der Waals surface area contributed by atoms with Gasteiger partial charge >= 0.3 is 5.97 Å². The monoisotopic (exact) mass is 451 g/mol. The third kappa shape index (κ3) is 4.39. The van der Waals surface area contributed by atoms with Gasteiger partial charge in [-0.3, -0.25) is 9.59 Å². The number of aryl methyl sites for hydroxylation is 2. The van der Waals surface area contributed by atoms with E-state index in [0.717, 1.165) is 41.7 Å². The number of hydrogen-bond acceptors (Lipinski definition) is 5. The third-order valence-electron chi connectivity index (χ3n) is 7.58. The van der Waals surface area contributed by atoms with Crippen LogP contribution in [0, 0.1) is 25.2 Å². The Balaban J connectivity index is 1.60. The molecule has 2 fully saturated rings. The van der Waals surface area contributed by atoms with Crippen LogP contribution >= 0.6 is 11.3 Å². The van der Waals surface area contributed by atoms with E-state index in [1.807, 2.05) is 6.92 Å². The van der Waals surface area contributed by atoms with E-state index in [9.17, 15) is 9.59 Å². The zero-order chi connectivity index (χ0) is 22.5. The van der Waals surface area contributed by atoms with Crippen LogP contribution in [0.3, 0.4) is 0 Å². The second kappa shape index (κ2) is 8.06. The number of nitrogens with one attached hydrogen (secondary N) is 1. The van der Waals surface area contributed by atoms with Crippen molar-refractivity contribution in [3.63, 3.8) is 0 Å². The maximum atomic E-state index is 13.1. The predicted octanol–water partition coefficient (Wildman–Crippen LogP) is 5.35. The van der Waals surface area contributed by atoms with Crippen LogP contribution in [0.4, 0.5) is 0 Å². The average molecular weight is 452 g/mol. The molecule has 1 spiro atoms. The zero-order valence-corrected chi connectivity index (χ0v) is 21.5. The second-order valence-electron chi connectivity index (χ2n) is 10.8. The first-order valence-electron chi connectivity index (χ1n) is 10.9.